The van der Waals surface area contributed by atoms with Crippen molar-refractivity contribution in [3.05, 3.63) is 380 Å². The van der Waals surface area contributed by atoms with Crippen LogP contribution in [0.3, 0.4) is 0 Å². The van der Waals surface area contributed by atoms with Crippen molar-refractivity contribution in [1.29, 1.82) is 0 Å². The number of likely N-dealkylation sites (N-methyl/N-ethyl adjacent to an activating group) is 6. The zero-order chi connectivity index (χ0) is 100. The predicted octanol–water partition coefficient (Wildman–Crippen LogP) is 21.0. The summed E-state index contributed by atoms with van der Waals surface area (Å²) < 4.78 is 41.8. The number of hydrogen-bond acceptors (Lipinski definition) is 14. The minimum absolute atomic E-state index is 0.0124. The highest BCUT2D eigenvalue weighted by molar-refractivity contribution is 5.82. The van der Waals surface area contributed by atoms with Crippen molar-refractivity contribution >= 4 is 35.4 Å². The number of carbonyl (C=O) groups excluding carboxylic acids is 6. The van der Waals surface area contributed by atoms with E-state index in [1.54, 1.807) is 42.3 Å². The Morgan fingerprint density at radius 3 is 0.761 bits per heavy atom. The third kappa shape index (κ3) is 34.4. The van der Waals surface area contributed by atoms with Crippen molar-refractivity contribution < 1.29 is 67.0 Å². The van der Waals surface area contributed by atoms with Crippen LogP contribution < -0.4 is 65.1 Å². The van der Waals surface area contributed by atoms with E-state index in [4.69, 9.17) is 33.2 Å². The molecule has 0 bridgehead atoms. The number of aliphatic hydroxyl groups excluding tert-OH is 1. The molecule has 1 aliphatic carbocycles. The first-order chi connectivity index (χ1) is 66.2. The van der Waals surface area contributed by atoms with Gasteiger partial charge in [0.05, 0.1) is 51.7 Å². The van der Waals surface area contributed by atoms with Crippen LogP contribution in [-0.2, 0) is 120 Å². The third-order valence-corrected chi connectivity index (χ3v) is 24.2. The van der Waals surface area contributed by atoms with Crippen LogP contribution in [0.4, 0.5) is 0 Å². The first kappa shape index (κ1) is 109. The van der Waals surface area contributed by atoms with Gasteiger partial charge in [0.15, 0.2) is 0 Å². The van der Waals surface area contributed by atoms with Gasteiger partial charge in [0.2, 0.25) is 35.4 Å². The monoisotopic (exact) mass is 1870 g/mol. The molecule has 12 aromatic carbocycles. The van der Waals surface area contributed by atoms with Crippen LogP contribution >= 0.6 is 0 Å². The number of aryl methyl sites for hydroxylation is 15. The van der Waals surface area contributed by atoms with E-state index in [0.717, 1.165) is 158 Å². The number of rotatable bonds is 35. The van der Waals surface area contributed by atoms with Gasteiger partial charge in [0.25, 0.3) is 0 Å². The minimum Gasteiger partial charge on any atom is -0.493 e. The molecule has 13 rings (SSSR count). The molecule has 1 saturated carbocycles. The Bertz CT molecular complexity index is 5850. The molecule has 1 aliphatic rings. The summed E-state index contributed by atoms with van der Waals surface area (Å²) in [6.07, 6.45) is 5.53. The van der Waals surface area contributed by atoms with Gasteiger partial charge in [0.1, 0.15) is 79.9 Å². The quantitative estimate of drug-likeness (QED) is 0.0195. The number of amides is 6. The summed E-state index contributed by atoms with van der Waals surface area (Å²) in [5.41, 5.74) is 31.9. The van der Waals surface area contributed by atoms with Crippen molar-refractivity contribution in [3.8, 4) is 40.2 Å². The molecule has 7 N–H and O–H groups in total. The maximum Gasteiger partial charge on any atom is 0.224 e. The number of carbonyl (C=O) groups is 6. The lowest BCUT2D eigenvalue weighted by molar-refractivity contribution is -0.120. The lowest BCUT2D eigenvalue weighted by Gasteiger charge is -2.16. The van der Waals surface area contributed by atoms with Gasteiger partial charge in [-0.25, -0.2) is 0 Å². The summed E-state index contributed by atoms with van der Waals surface area (Å²) in [6, 6.07) is 72.7. The maximum atomic E-state index is 11.8. The Kier molecular flexibility index (Phi) is 44.3. The summed E-state index contributed by atoms with van der Waals surface area (Å²) in [5, 5.41) is 25.6. The van der Waals surface area contributed by atoms with E-state index in [-0.39, 0.29) is 48.5 Å². The van der Waals surface area contributed by atoms with Crippen LogP contribution in [0, 0.1) is 96.9 Å². The molecule has 0 aromatic heterocycles. The van der Waals surface area contributed by atoms with Gasteiger partial charge in [-0.05, 0) is 294 Å². The Labute approximate surface area is 819 Å². The van der Waals surface area contributed by atoms with Crippen LogP contribution in [0.25, 0.3) is 0 Å². The SMILES string of the molecule is CCOc1cccc(CC(=O)NC)c1COc1ccc(C)cc1C.CCc1cccc(CC(=O)NC)c1COc1ccc(C)cc1C.CNC(=O)Cc1cccc(C)c1COc1ccc(C)cc1C.CNC(=O)Cc1cccc(C)c1COc1ccc(C)cc1C.CNC(=O)Cc1cccc(C2CC2)c1COc1ccc(C)cc1C.CNC(=O)Cc1cccc(CO)c1COc1ccc(C)cc1C. The number of ether oxygens (including phenoxy) is 7. The molecule has 0 unspecified atom stereocenters. The fourth-order valence-electron chi connectivity index (χ4n) is 16.1. The average molecular weight is 1870 g/mol. The molecule has 6 amide bonds. The van der Waals surface area contributed by atoms with Gasteiger partial charge in [-0.2, -0.15) is 0 Å². The molecule has 0 radical (unpaired) electrons. The highest BCUT2D eigenvalue weighted by atomic mass is 16.5. The third-order valence-electron chi connectivity index (χ3n) is 24.2. The van der Waals surface area contributed by atoms with Crippen molar-refractivity contribution in [2.45, 2.75) is 221 Å². The van der Waals surface area contributed by atoms with E-state index in [1.807, 2.05) is 207 Å². The molecular weight excluding hydrogens is 1730 g/mol. The Balaban J connectivity index is 0.000000203. The lowest BCUT2D eigenvalue weighted by Crippen LogP contribution is -2.21. The smallest absolute Gasteiger partial charge is 0.224 e. The van der Waals surface area contributed by atoms with Crippen molar-refractivity contribution in [2.75, 3.05) is 48.9 Å². The van der Waals surface area contributed by atoms with Gasteiger partial charge in [-0.1, -0.05) is 216 Å². The second-order valence-corrected chi connectivity index (χ2v) is 35.1. The van der Waals surface area contributed by atoms with Crippen LogP contribution in [-0.4, -0.2) is 89.4 Å². The number of benzene rings is 12. The van der Waals surface area contributed by atoms with Crippen LogP contribution in [0.15, 0.2) is 218 Å². The number of aliphatic hydroxyl groups is 1. The molecule has 20 nitrogen and oxygen atoms in total. The molecule has 0 atom stereocenters. The lowest BCUT2D eigenvalue weighted by atomic mass is 9.96. The standard InChI is InChI=1S/C21H25NO2.C20H25NO3.C20H25NO2.C19H23NO3.2C19H23NO2/c1-14-7-10-20(15(2)11-14)24-13-19-17(12-21(23)22-3)5-4-6-18(19)16-8-9-16;1-5-23-19-8-6-7-16(12-20(22)21-4)17(19)13-24-18-10-9-14(2)11-15(18)3;1-5-16-7-6-8-17(12-20(22)21-4)18(16)13-23-19-10-9-14(2)11-15(19)3;1-13-7-8-18(14(2)9-13)23-12-17-15(10-19(22)20-3)5-4-6-16(17)11-21;2*1-13-8-9-18(15(3)10-13)22-12-17-14(2)6-5-7-16(17)11-19(21)20-4/h4-7,10-11,16H,8-9,12-13H2,1-3H3,(H,22,23);6-11H,5,12-13H2,1-4H3,(H,21,22);6-11H,5,12-13H2,1-4H3,(H,21,22);4-9,21H,10-12H2,1-3H3,(H,20,22);2*5-10H,11-12H2,1-4H3,(H,20,21). The molecule has 0 heterocycles. The highest BCUT2D eigenvalue weighted by Gasteiger charge is 2.28. The normalized spacial score (nSPS) is 10.9. The second-order valence-electron chi connectivity index (χ2n) is 35.1. The molecule has 0 saturated heterocycles. The molecule has 1 fully saturated rings. The molecule has 0 spiro atoms. The highest BCUT2D eigenvalue weighted by Crippen LogP contribution is 2.43. The van der Waals surface area contributed by atoms with Crippen LogP contribution in [0.5, 0.6) is 40.2 Å². The topological polar surface area (TPSA) is 259 Å². The molecule has 0 aliphatic heterocycles. The summed E-state index contributed by atoms with van der Waals surface area (Å²) >= 11 is 0. The van der Waals surface area contributed by atoms with Gasteiger partial charge in [-0.15, -0.1) is 0 Å². The Hall–Kier alpha value is -14.0. The van der Waals surface area contributed by atoms with Gasteiger partial charge >= 0.3 is 0 Å². The van der Waals surface area contributed by atoms with Gasteiger partial charge in [0, 0.05) is 47.8 Å². The van der Waals surface area contributed by atoms with Crippen molar-refractivity contribution in [2.24, 2.45) is 0 Å². The zero-order valence-corrected chi connectivity index (χ0v) is 85.1. The summed E-state index contributed by atoms with van der Waals surface area (Å²) in [4.78, 5) is 70.4. The second kappa shape index (κ2) is 55.9. The molecular formula is C118H144N6O14. The first-order valence-corrected chi connectivity index (χ1v) is 47.5. The molecule has 730 valence electrons. The molecule has 138 heavy (non-hydrogen) atoms. The van der Waals surface area contributed by atoms with E-state index >= 15 is 0 Å². The van der Waals surface area contributed by atoms with E-state index < -0.39 is 0 Å². The fraction of sp³-hybridized carbons (Fsp3) is 0.339. The number of hydrogen-bond donors (Lipinski definition) is 7. The number of nitrogens with one attached hydrogen (secondary N) is 6. The van der Waals surface area contributed by atoms with E-state index in [0.29, 0.717) is 84.3 Å². The predicted molar refractivity (Wildman–Crippen MR) is 555 cm³/mol. The fourth-order valence-corrected chi connectivity index (χ4v) is 16.1. The largest absolute Gasteiger partial charge is 0.493 e. The maximum absolute atomic E-state index is 11.8. The van der Waals surface area contributed by atoms with E-state index in [9.17, 15) is 33.9 Å². The first-order valence-electron chi connectivity index (χ1n) is 47.5. The van der Waals surface area contributed by atoms with Gasteiger partial charge < -0.3 is 70.2 Å². The van der Waals surface area contributed by atoms with Crippen LogP contribution in [0.1, 0.15) is 194 Å². The summed E-state index contributed by atoms with van der Waals surface area (Å²) in [5.74, 6) is 6.63. The minimum atomic E-state index is -0.0762. The van der Waals surface area contributed by atoms with E-state index in [2.05, 4.69) is 154 Å². The summed E-state index contributed by atoms with van der Waals surface area (Å²) in [7, 11) is 9.91. The molecule has 20 heteroatoms. The van der Waals surface area contributed by atoms with Crippen LogP contribution in [0.2, 0.25) is 0 Å². The van der Waals surface area contributed by atoms with Crippen molar-refractivity contribution in [3.63, 3.8) is 0 Å². The van der Waals surface area contributed by atoms with E-state index in [1.165, 1.54) is 62.9 Å². The Morgan fingerprint density at radius 2 is 0.486 bits per heavy atom. The molecule has 12 aromatic rings. The van der Waals surface area contributed by atoms with Crippen molar-refractivity contribution in [1.82, 2.24) is 31.9 Å². The summed E-state index contributed by atoms with van der Waals surface area (Å²) in [6.45, 7) is 36.0. The Morgan fingerprint density at radius 1 is 0.254 bits per heavy atom. The average Bonchev–Trinajstić information content (AvgIpc) is 1.67. The zero-order valence-electron chi connectivity index (χ0n) is 85.1. The van der Waals surface area contributed by atoms with Gasteiger partial charge in [-0.3, -0.25) is 28.8 Å².